The van der Waals surface area contributed by atoms with E-state index in [1.807, 2.05) is 41.3 Å². The number of likely N-dealkylation sites (tertiary alicyclic amines) is 1. The average Bonchev–Trinajstić information content (AvgIpc) is 3.16. The molecule has 2 aromatic carbocycles. The van der Waals surface area contributed by atoms with Crippen molar-refractivity contribution in [3.05, 3.63) is 65.2 Å². The Hall–Kier alpha value is -2.66. The Morgan fingerprint density at radius 1 is 1.04 bits per heavy atom. The van der Waals surface area contributed by atoms with Crippen molar-refractivity contribution in [3.63, 3.8) is 0 Å². The SMILES string of the molecule is CC(=O)N1CCc2cc(C(=O)N3CCC(OCc4ccccc4)CC3)ccc21. The first-order chi connectivity index (χ1) is 13.6. The number of fused-ring (bicyclic) bond motifs is 1. The molecule has 0 atom stereocenters. The third-order valence-electron chi connectivity index (χ3n) is 5.66. The second-order valence-corrected chi connectivity index (χ2v) is 7.55. The van der Waals surface area contributed by atoms with Gasteiger partial charge in [-0.25, -0.2) is 0 Å². The summed E-state index contributed by atoms with van der Waals surface area (Å²) in [5, 5.41) is 0. The molecule has 28 heavy (non-hydrogen) atoms. The second-order valence-electron chi connectivity index (χ2n) is 7.55. The van der Waals surface area contributed by atoms with Gasteiger partial charge in [0.05, 0.1) is 12.7 Å². The van der Waals surface area contributed by atoms with Crippen molar-refractivity contribution in [2.75, 3.05) is 24.5 Å². The van der Waals surface area contributed by atoms with Crippen LogP contribution >= 0.6 is 0 Å². The Balaban J connectivity index is 1.32. The minimum absolute atomic E-state index is 0.0513. The van der Waals surface area contributed by atoms with Gasteiger partial charge in [-0.15, -0.1) is 0 Å². The van der Waals surface area contributed by atoms with Crippen LogP contribution in [0.4, 0.5) is 5.69 Å². The van der Waals surface area contributed by atoms with Gasteiger partial charge >= 0.3 is 0 Å². The third-order valence-corrected chi connectivity index (χ3v) is 5.66. The quantitative estimate of drug-likeness (QED) is 0.819. The standard InChI is InChI=1S/C23H26N2O3/c1-17(26)25-14-9-19-15-20(7-8-22(19)25)23(27)24-12-10-21(11-13-24)28-16-18-5-3-2-4-6-18/h2-8,15,21H,9-14,16H2,1H3. The third kappa shape index (κ3) is 3.94. The first kappa shape index (κ1) is 18.7. The number of hydrogen-bond donors (Lipinski definition) is 0. The van der Waals surface area contributed by atoms with Gasteiger partial charge in [0, 0.05) is 37.8 Å². The zero-order valence-electron chi connectivity index (χ0n) is 16.3. The molecule has 146 valence electrons. The fourth-order valence-corrected chi connectivity index (χ4v) is 4.06. The van der Waals surface area contributed by atoms with Crippen LogP contribution in [0.2, 0.25) is 0 Å². The molecule has 5 heteroatoms. The number of piperidine rings is 1. The normalized spacial score (nSPS) is 16.9. The smallest absolute Gasteiger partial charge is 0.253 e. The number of rotatable bonds is 4. The van der Waals surface area contributed by atoms with Crippen molar-refractivity contribution in [2.24, 2.45) is 0 Å². The molecule has 5 nitrogen and oxygen atoms in total. The minimum Gasteiger partial charge on any atom is -0.373 e. The Morgan fingerprint density at radius 3 is 2.50 bits per heavy atom. The second kappa shape index (κ2) is 8.15. The summed E-state index contributed by atoms with van der Waals surface area (Å²) in [6.45, 7) is 4.34. The number of anilines is 1. The van der Waals surface area contributed by atoms with E-state index >= 15 is 0 Å². The van der Waals surface area contributed by atoms with Gasteiger partial charge in [-0.2, -0.15) is 0 Å². The van der Waals surface area contributed by atoms with E-state index in [-0.39, 0.29) is 17.9 Å². The van der Waals surface area contributed by atoms with Crippen molar-refractivity contribution in [1.29, 1.82) is 0 Å². The first-order valence-electron chi connectivity index (χ1n) is 9.97. The summed E-state index contributed by atoms with van der Waals surface area (Å²) in [6.07, 6.45) is 2.74. The predicted octanol–water partition coefficient (Wildman–Crippen LogP) is 3.42. The van der Waals surface area contributed by atoms with Crippen LogP contribution in [0, 0.1) is 0 Å². The Kier molecular flexibility index (Phi) is 5.44. The molecule has 0 saturated carbocycles. The summed E-state index contributed by atoms with van der Waals surface area (Å²) in [7, 11) is 0. The van der Waals surface area contributed by atoms with Crippen molar-refractivity contribution in [2.45, 2.75) is 38.9 Å². The van der Waals surface area contributed by atoms with Gasteiger partial charge < -0.3 is 14.5 Å². The summed E-state index contributed by atoms with van der Waals surface area (Å²) < 4.78 is 6.02. The zero-order valence-corrected chi connectivity index (χ0v) is 16.3. The Labute approximate surface area is 165 Å². The predicted molar refractivity (Wildman–Crippen MR) is 108 cm³/mol. The molecule has 2 aliphatic rings. The van der Waals surface area contributed by atoms with Gasteiger partial charge in [-0.1, -0.05) is 30.3 Å². The van der Waals surface area contributed by atoms with Crippen LogP contribution < -0.4 is 4.90 Å². The minimum atomic E-state index is 0.0513. The summed E-state index contributed by atoms with van der Waals surface area (Å²) in [5.41, 5.74) is 3.92. The maximum absolute atomic E-state index is 12.9. The van der Waals surface area contributed by atoms with Gasteiger partial charge in [-0.05, 0) is 48.6 Å². The van der Waals surface area contributed by atoms with E-state index in [9.17, 15) is 9.59 Å². The van der Waals surface area contributed by atoms with E-state index in [1.165, 1.54) is 5.56 Å². The molecule has 1 saturated heterocycles. The molecule has 2 amide bonds. The van der Waals surface area contributed by atoms with Crippen LogP contribution in [0.3, 0.4) is 0 Å². The van der Waals surface area contributed by atoms with E-state index in [2.05, 4.69) is 12.1 Å². The summed E-state index contributed by atoms with van der Waals surface area (Å²) in [6, 6.07) is 15.9. The highest BCUT2D eigenvalue weighted by Crippen LogP contribution is 2.29. The van der Waals surface area contributed by atoms with Crippen molar-refractivity contribution in [1.82, 2.24) is 4.90 Å². The van der Waals surface area contributed by atoms with E-state index in [0.29, 0.717) is 18.7 Å². The van der Waals surface area contributed by atoms with Crippen LogP contribution in [0.5, 0.6) is 0 Å². The van der Waals surface area contributed by atoms with E-state index in [4.69, 9.17) is 4.74 Å². The van der Waals surface area contributed by atoms with Gasteiger partial charge in [0.2, 0.25) is 5.91 Å². The molecular formula is C23H26N2O3. The number of ether oxygens (including phenoxy) is 1. The number of amides is 2. The van der Waals surface area contributed by atoms with Crippen LogP contribution in [0.1, 0.15) is 41.3 Å². The fourth-order valence-electron chi connectivity index (χ4n) is 4.06. The maximum Gasteiger partial charge on any atom is 0.253 e. The monoisotopic (exact) mass is 378 g/mol. The molecule has 0 bridgehead atoms. The molecule has 1 fully saturated rings. The molecule has 2 aliphatic heterocycles. The summed E-state index contributed by atoms with van der Waals surface area (Å²) in [4.78, 5) is 28.3. The topological polar surface area (TPSA) is 49.9 Å². The molecule has 0 unspecified atom stereocenters. The van der Waals surface area contributed by atoms with Crippen molar-refractivity contribution in [3.8, 4) is 0 Å². The van der Waals surface area contributed by atoms with E-state index in [0.717, 1.165) is 43.6 Å². The molecule has 4 rings (SSSR count). The van der Waals surface area contributed by atoms with Crippen LogP contribution in [0.25, 0.3) is 0 Å². The maximum atomic E-state index is 12.9. The molecule has 2 aromatic rings. The van der Waals surface area contributed by atoms with Crippen LogP contribution in [0.15, 0.2) is 48.5 Å². The molecule has 0 aliphatic carbocycles. The number of benzene rings is 2. The van der Waals surface area contributed by atoms with Crippen LogP contribution in [-0.4, -0.2) is 42.5 Å². The molecule has 0 spiro atoms. The molecular weight excluding hydrogens is 352 g/mol. The van der Waals surface area contributed by atoms with Gasteiger partial charge in [0.25, 0.3) is 5.91 Å². The lowest BCUT2D eigenvalue weighted by Gasteiger charge is -2.32. The largest absolute Gasteiger partial charge is 0.373 e. The Morgan fingerprint density at radius 2 is 1.79 bits per heavy atom. The molecule has 0 aromatic heterocycles. The van der Waals surface area contributed by atoms with Crippen molar-refractivity contribution < 1.29 is 14.3 Å². The fraction of sp³-hybridized carbons (Fsp3) is 0.391. The van der Waals surface area contributed by atoms with Gasteiger partial charge in [-0.3, -0.25) is 9.59 Å². The zero-order chi connectivity index (χ0) is 19.5. The molecule has 0 N–H and O–H groups in total. The first-order valence-corrected chi connectivity index (χ1v) is 9.97. The average molecular weight is 378 g/mol. The van der Waals surface area contributed by atoms with Gasteiger partial charge in [0.15, 0.2) is 0 Å². The number of nitrogens with zero attached hydrogens (tertiary/aromatic N) is 2. The number of carbonyl (C=O) groups is 2. The lowest BCUT2D eigenvalue weighted by molar-refractivity contribution is -0.116. The summed E-state index contributed by atoms with van der Waals surface area (Å²) in [5.74, 6) is 0.126. The Bertz CT molecular complexity index is 857. The highest BCUT2D eigenvalue weighted by atomic mass is 16.5. The number of hydrogen-bond acceptors (Lipinski definition) is 3. The molecule has 2 heterocycles. The number of carbonyl (C=O) groups excluding carboxylic acids is 2. The highest BCUT2D eigenvalue weighted by molar-refractivity contribution is 5.97. The highest BCUT2D eigenvalue weighted by Gasteiger charge is 2.27. The van der Waals surface area contributed by atoms with E-state index in [1.54, 1.807) is 11.8 Å². The summed E-state index contributed by atoms with van der Waals surface area (Å²) >= 11 is 0. The van der Waals surface area contributed by atoms with E-state index < -0.39 is 0 Å². The lowest BCUT2D eigenvalue weighted by atomic mass is 10.0. The van der Waals surface area contributed by atoms with Crippen molar-refractivity contribution >= 4 is 17.5 Å². The van der Waals surface area contributed by atoms with Gasteiger partial charge in [0.1, 0.15) is 0 Å². The lowest BCUT2D eigenvalue weighted by Crippen LogP contribution is -2.40. The molecule has 0 radical (unpaired) electrons. The van der Waals surface area contributed by atoms with Crippen LogP contribution in [-0.2, 0) is 22.6 Å².